The van der Waals surface area contributed by atoms with Crippen molar-refractivity contribution in [2.45, 2.75) is 51.9 Å². The highest BCUT2D eigenvalue weighted by Crippen LogP contribution is 2.24. The van der Waals surface area contributed by atoms with Crippen molar-refractivity contribution >= 4 is 11.8 Å². The molecule has 1 N–H and O–H groups in total. The van der Waals surface area contributed by atoms with Gasteiger partial charge in [0.15, 0.2) is 0 Å². The third kappa shape index (κ3) is 6.40. The van der Waals surface area contributed by atoms with Crippen molar-refractivity contribution < 1.29 is 14.3 Å². The number of hydrogen-bond acceptors (Lipinski definition) is 3. The molecule has 138 valence electrons. The van der Waals surface area contributed by atoms with Crippen molar-refractivity contribution in [3.8, 4) is 5.75 Å². The number of amides is 2. The lowest BCUT2D eigenvalue weighted by molar-refractivity contribution is -0.132. The highest BCUT2D eigenvalue weighted by Gasteiger charge is 2.18. The average molecular weight is 346 g/mol. The van der Waals surface area contributed by atoms with Crippen molar-refractivity contribution in [3.63, 3.8) is 0 Å². The van der Waals surface area contributed by atoms with E-state index in [0.29, 0.717) is 19.4 Å². The Kier molecular flexibility index (Phi) is 6.85. The Labute approximate surface area is 150 Å². The summed E-state index contributed by atoms with van der Waals surface area (Å²) in [5.41, 5.74) is 1.39. The fourth-order valence-corrected chi connectivity index (χ4v) is 2.81. The molecule has 0 unspecified atom stereocenters. The fraction of sp³-hybridized carbons (Fsp3) is 0.600. The van der Waals surface area contributed by atoms with Crippen LogP contribution in [-0.2, 0) is 15.0 Å². The molecule has 1 heterocycles. The van der Waals surface area contributed by atoms with Gasteiger partial charge in [-0.15, -0.1) is 0 Å². The molecule has 0 aromatic heterocycles. The number of rotatable bonds is 7. The van der Waals surface area contributed by atoms with Gasteiger partial charge in [-0.25, -0.2) is 0 Å². The van der Waals surface area contributed by atoms with Gasteiger partial charge < -0.3 is 15.0 Å². The van der Waals surface area contributed by atoms with Gasteiger partial charge in [-0.1, -0.05) is 32.9 Å². The molecule has 5 heteroatoms. The molecule has 0 bridgehead atoms. The molecule has 0 aliphatic carbocycles. The number of likely N-dealkylation sites (tertiary alicyclic amines) is 1. The zero-order valence-corrected chi connectivity index (χ0v) is 15.6. The molecule has 0 saturated carbocycles. The monoisotopic (exact) mass is 346 g/mol. The predicted molar refractivity (Wildman–Crippen MR) is 98.7 cm³/mol. The molecule has 0 atom stereocenters. The molecule has 5 nitrogen and oxygen atoms in total. The van der Waals surface area contributed by atoms with Gasteiger partial charge in [0.05, 0.1) is 13.2 Å². The third-order valence-electron chi connectivity index (χ3n) is 4.43. The third-order valence-corrected chi connectivity index (χ3v) is 4.43. The zero-order chi connectivity index (χ0) is 18.3. The number of ether oxygens (including phenoxy) is 1. The lowest BCUT2D eigenvalue weighted by Crippen LogP contribution is -2.38. The molecule has 0 radical (unpaired) electrons. The normalized spacial score (nSPS) is 14.4. The summed E-state index contributed by atoms with van der Waals surface area (Å²) in [6.45, 7) is 8.76. The molecule has 1 fully saturated rings. The average Bonchev–Trinajstić information content (AvgIpc) is 3.11. The smallest absolute Gasteiger partial charge is 0.241 e. The standard InChI is InChI=1S/C20H30N2O3/c1-20(2,3)16-8-10-17(11-9-16)25-14-6-7-18(23)21-15-19(24)22-12-4-5-13-22/h8-11H,4-7,12-15H2,1-3H3,(H,21,23). The van der Waals surface area contributed by atoms with Crippen LogP contribution < -0.4 is 10.1 Å². The van der Waals surface area contributed by atoms with Gasteiger partial charge in [-0.3, -0.25) is 9.59 Å². The summed E-state index contributed by atoms with van der Waals surface area (Å²) in [7, 11) is 0. The maximum absolute atomic E-state index is 11.8. The summed E-state index contributed by atoms with van der Waals surface area (Å²) in [6.07, 6.45) is 3.12. The molecule has 1 aliphatic rings. The Morgan fingerprint density at radius 2 is 1.76 bits per heavy atom. The van der Waals surface area contributed by atoms with E-state index in [1.807, 2.05) is 17.0 Å². The number of hydrogen-bond donors (Lipinski definition) is 1. The highest BCUT2D eigenvalue weighted by molar-refractivity contribution is 5.84. The second-order valence-corrected chi connectivity index (χ2v) is 7.59. The van der Waals surface area contributed by atoms with E-state index in [1.165, 1.54) is 5.56 Å². The molecule has 1 saturated heterocycles. The van der Waals surface area contributed by atoms with Crippen LogP contribution in [0.3, 0.4) is 0 Å². The lowest BCUT2D eigenvalue weighted by Gasteiger charge is -2.19. The van der Waals surface area contributed by atoms with E-state index in [4.69, 9.17) is 4.74 Å². The molecule has 1 aromatic rings. The van der Waals surface area contributed by atoms with Crippen LogP contribution in [0.4, 0.5) is 0 Å². The number of benzene rings is 1. The van der Waals surface area contributed by atoms with Crippen molar-refractivity contribution in [2.24, 2.45) is 0 Å². The highest BCUT2D eigenvalue weighted by atomic mass is 16.5. The van der Waals surface area contributed by atoms with Crippen LogP contribution in [0.25, 0.3) is 0 Å². The van der Waals surface area contributed by atoms with Gasteiger partial charge in [0, 0.05) is 19.5 Å². The molecule has 1 aliphatic heterocycles. The van der Waals surface area contributed by atoms with Gasteiger partial charge >= 0.3 is 0 Å². The van der Waals surface area contributed by atoms with Gasteiger partial charge in [-0.2, -0.15) is 0 Å². The molecule has 2 rings (SSSR count). The van der Waals surface area contributed by atoms with Gasteiger partial charge in [0.1, 0.15) is 5.75 Å². The minimum absolute atomic E-state index is 0.0149. The minimum atomic E-state index is -0.0979. The minimum Gasteiger partial charge on any atom is -0.494 e. The van der Waals surface area contributed by atoms with E-state index in [1.54, 1.807) is 0 Å². The van der Waals surface area contributed by atoms with Crippen LogP contribution in [0.2, 0.25) is 0 Å². The number of nitrogens with one attached hydrogen (secondary N) is 1. The second kappa shape index (κ2) is 8.88. The fourth-order valence-electron chi connectivity index (χ4n) is 2.81. The quantitative estimate of drug-likeness (QED) is 0.772. The summed E-state index contributed by atoms with van der Waals surface area (Å²) in [5, 5.41) is 2.70. The van der Waals surface area contributed by atoms with E-state index in [9.17, 15) is 9.59 Å². The van der Waals surface area contributed by atoms with Crippen LogP contribution in [0, 0.1) is 0 Å². The summed E-state index contributed by atoms with van der Waals surface area (Å²) in [5.74, 6) is 0.734. The number of carbonyl (C=O) groups is 2. The van der Waals surface area contributed by atoms with Crippen LogP contribution in [0.5, 0.6) is 5.75 Å². The van der Waals surface area contributed by atoms with E-state index in [0.717, 1.165) is 31.7 Å². The first kappa shape index (κ1) is 19.3. The first-order valence-electron chi connectivity index (χ1n) is 9.14. The summed E-state index contributed by atoms with van der Waals surface area (Å²) in [6, 6.07) is 8.09. The van der Waals surface area contributed by atoms with E-state index >= 15 is 0 Å². The van der Waals surface area contributed by atoms with Crippen molar-refractivity contribution in [3.05, 3.63) is 29.8 Å². The predicted octanol–water partition coefficient (Wildman–Crippen LogP) is 2.88. The maximum atomic E-state index is 11.8. The Morgan fingerprint density at radius 1 is 1.12 bits per heavy atom. The molecule has 2 amide bonds. The Hall–Kier alpha value is -2.04. The van der Waals surface area contributed by atoms with E-state index < -0.39 is 0 Å². The largest absolute Gasteiger partial charge is 0.494 e. The van der Waals surface area contributed by atoms with Gasteiger partial charge in [0.25, 0.3) is 0 Å². The van der Waals surface area contributed by atoms with E-state index in [-0.39, 0.29) is 23.8 Å². The van der Waals surface area contributed by atoms with Crippen LogP contribution in [0.1, 0.15) is 52.0 Å². The first-order chi connectivity index (χ1) is 11.9. The van der Waals surface area contributed by atoms with Crippen molar-refractivity contribution in [1.29, 1.82) is 0 Å². The van der Waals surface area contributed by atoms with Gasteiger partial charge in [0.2, 0.25) is 11.8 Å². The maximum Gasteiger partial charge on any atom is 0.241 e. The SMILES string of the molecule is CC(C)(C)c1ccc(OCCCC(=O)NCC(=O)N2CCCC2)cc1. The molecular weight excluding hydrogens is 316 g/mol. The summed E-state index contributed by atoms with van der Waals surface area (Å²) < 4.78 is 5.68. The zero-order valence-electron chi connectivity index (χ0n) is 15.6. The number of nitrogens with zero attached hydrogens (tertiary/aromatic N) is 1. The number of carbonyl (C=O) groups excluding carboxylic acids is 2. The molecule has 1 aromatic carbocycles. The topological polar surface area (TPSA) is 58.6 Å². The van der Waals surface area contributed by atoms with E-state index in [2.05, 4.69) is 38.2 Å². The van der Waals surface area contributed by atoms with Crippen molar-refractivity contribution in [1.82, 2.24) is 10.2 Å². The first-order valence-corrected chi connectivity index (χ1v) is 9.14. The second-order valence-electron chi connectivity index (χ2n) is 7.59. The molecule has 0 spiro atoms. The summed E-state index contributed by atoms with van der Waals surface area (Å²) >= 11 is 0. The summed E-state index contributed by atoms with van der Waals surface area (Å²) in [4.78, 5) is 25.5. The van der Waals surface area contributed by atoms with Crippen LogP contribution in [-0.4, -0.2) is 43.0 Å². The Morgan fingerprint density at radius 3 is 2.36 bits per heavy atom. The Balaban J connectivity index is 1.60. The van der Waals surface area contributed by atoms with Crippen molar-refractivity contribution in [2.75, 3.05) is 26.2 Å². The van der Waals surface area contributed by atoms with Gasteiger partial charge in [-0.05, 0) is 42.4 Å². The Bertz CT molecular complexity index is 570. The molecular formula is C20H30N2O3. The van der Waals surface area contributed by atoms with Crippen LogP contribution in [0.15, 0.2) is 24.3 Å². The van der Waals surface area contributed by atoms with Crippen LogP contribution >= 0.6 is 0 Å². The lowest BCUT2D eigenvalue weighted by atomic mass is 9.87. The molecule has 25 heavy (non-hydrogen) atoms.